The van der Waals surface area contributed by atoms with E-state index in [9.17, 15) is 4.79 Å². The molecule has 1 N–H and O–H groups in total. The molecule has 1 amide bonds. The van der Waals surface area contributed by atoms with Gasteiger partial charge >= 0.3 is 0 Å². The Labute approximate surface area is 98.1 Å². The number of thioether (sulfide) groups is 1. The Bertz CT molecular complexity index is 109. The van der Waals surface area contributed by atoms with Crippen LogP contribution in [0, 0.1) is 6.54 Å². The number of hydrogen-bond acceptors (Lipinski definition) is 2. The molecule has 0 aromatic rings. The van der Waals surface area contributed by atoms with Crippen LogP contribution in [-0.4, -0.2) is 16.9 Å². The Hall–Kier alpha value is 0.924. The van der Waals surface area contributed by atoms with Crippen LogP contribution in [0.3, 0.4) is 0 Å². The topological polar surface area (TPSA) is 29.1 Å². The molecule has 63 valence electrons. The molecule has 0 aromatic carbocycles. The van der Waals surface area contributed by atoms with Crippen molar-refractivity contribution in [2.24, 2.45) is 0 Å². The Morgan fingerprint density at radius 1 is 1.64 bits per heavy atom. The maximum absolute atomic E-state index is 10.8. The van der Waals surface area contributed by atoms with Gasteiger partial charge in [0.05, 0.1) is 5.75 Å². The van der Waals surface area contributed by atoms with Crippen molar-refractivity contribution in [2.75, 3.05) is 5.75 Å². The summed E-state index contributed by atoms with van der Waals surface area (Å²) in [5.74, 6) is 0.642. The smallest absolute Gasteiger partial charge is 0.201 e. The van der Waals surface area contributed by atoms with Crippen LogP contribution in [0.25, 0.3) is 0 Å². The first kappa shape index (κ1) is 14.4. The summed E-state index contributed by atoms with van der Waals surface area (Å²) in [5.41, 5.74) is 0. The Kier molecular flexibility index (Phi) is 11.8. The predicted octanol–water partition coefficient (Wildman–Crippen LogP) is 1.42. The molecule has 0 aliphatic heterocycles. The number of nitrogens with one attached hydrogen (secondary N) is 1. The number of hydrogen-bond donors (Lipinski definition) is 1. The van der Waals surface area contributed by atoms with E-state index in [1.54, 1.807) is 25.2 Å². The van der Waals surface area contributed by atoms with Crippen LogP contribution in [0.15, 0.2) is 0 Å². The number of carbonyl (C=O) groups is 1. The van der Waals surface area contributed by atoms with Crippen LogP contribution in [0.4, 0.5) is 0 Å². The van der Waals surface area contributed by atoms with Crippen molar-refractivity contribution in [1.29, 1.82) is 0 Å². The standard InChI is InChI=1S/C7H14NOS.Y/c1-4-8-7(9)5-10-6(2)3;/h4,6H,5H2,1-3H3,(H,8,9);/q-1;. The van der Waals surface area contributed by atoms with Crippen LogP contribution < -0.4 is 5.32 Å². The molecular weight excluding hydrogens is 235 g/mol. The summed E-state index contributed by atoms with van der Waals surface area (Å²) in [5, 5.41) is 3.15. The van der Waals surface area contributed by atoms with E-state index in [-0.39, 0.29) is 38.6 Å². The molecule has 0 rings (SSSR count). The molecule has 0 heterocycles. The van der Waals surface area contributed by atoms with Gasteiger partial charge in [-0.3, -0.25) is 4.79 Å². The van der Waals surface area contributed by atoms with E-state index in [0.29, 0.717) is 11.0 Å². The van der Waals surface area contributed by atoms with Gasteiger partial charge in [-0.2, -0.15) is 6.92 Å². The molecule has 0 aliphatic carbocycles. The molecule has 0 saturated carbocycles. The normalized spacial score (nSPS) is 9.09. The zero-order valence-electron chi connectivity index (χ0n) is 7.26. The van der Waals surface area contributed by atoms with Gasteiger partial charge in [-0.1, -0.05) is 13.8 Å². The van der Waals surface area contributed by atoms with E-state index < -0.39 is 0 Å². The third kappa shape index (κ3) is 10.9. The second-order valence-electron chi connectivity index (χ2n) is 2.22. The molecule has 0 aliphatic rings. The summed E-state index contributed by atoms with van der Waals surface area (Å²) >= 11 is 1.65. The number of amides is 1. The van der Waals surface area contributed by atoms with Gasteiger partial charge in [0, 0.05) is 32.7 Å². The summed E-state index contributed by atoms with van der Waals surface area (Å²) < 4.78 is 0. The van der Waals surface area contributed by atoms with Gasteiger partial charge in [0.2, 0.25) is 5.91 Å². The van der Waals surface area contributed by atoms with Crippen LogP contribution in [0.1, 0.15) is 20.8 Å². The van der Waals surface area contributed by atoms with Gasteiger partial charge in [0.25, 0.3) is 0 Å². The summed E-state index contributed by atoms with van der Waals surface area (Å²) in [4.78, 5) is 10.8. The van der Waals surface area contributed by atoms with E-state index in [0.717, 1.165) is 0 Å². The largest absolute Gasteiger partial charge is 0.505 e. The minimum atomic E-state index is 0. The third-order valence-corrected chi connectivity index (χ3v) is 1.95. The van der Waals surface area contributed by atoms with Crippen molar-refractivity contribution in [3.63, 3.8) is 0 Å². The average molecular weight is 249 g/mol. The molecule has 0 aromatic heterocycles. The van der Waals surface area contributed by atoms with Gasteiger partial charge in [-0.25, -0.2) is 6.54 Å². The monoisotopic (exact) mass is 249 g/mol. The molecule has 0 spiro atoms. The molecule has 0 atom stereocenters. The quantitative estimate of drug-likeness (QED) is 0.763. The van der Waals surface area contributed by atoms with Crippen molar-refractivity contribution >= 4 is 17.7 Å². The fraction of sp³-hybridized carbons (Fsp3) is 0.714. The molecule has 2 nitrogen and oxygen atoms in total. The van der Waals surface area contributed by atoms with E-state index in [2.05, 4.69) is 19.2 Å². The van der Waals surface area contributed by atoms with E-state index in [4.69, 9.17) is 0 Å². The van der Waals surface area contributed by atoms with E-state index >= 15 is 0 Å². The third-order valence-electron chi connectivity index (χ3n) is 0.853. The zero-order chi connectivity index (χ0) is 7.98. The van der Waals surface area contributed by atoms with Gasteiger partial charge in [-0.15, -0.1) is 11.8 Å². The molecule has 11 heavy (non-hydrogen) atoms. The molecular formula is C7H14NOSY-. The number of carbonyl (C=O) groups excluding carboxylic acids is 1. The molecule has 0 saturated heterocycles. The van der Waals surface area contributed by atoms with E-state index in [1.807, 2.05) is 0 Å². The minimum absolute atomic E-state index is 0. The Balaban J connectivity index is 0. The molecule has 4 heteroatoms. The van der Waals surface area contributed by atoms with Crippen molar-refractivity contribution in [3.05, 3.63) is 6.54 Å². The summed E-state index contributed by atoms with van der Waals surface area (Å²) in [7, 11) is 0. The summed E-state index contributed by atoms with van der Waals surface area (Å²) in [6, 6.07) is 0. The van der Waals surface area contributed by atoms with Crippen LogP contribution in [-0.2, 0) is 37.5 Å². The molecule has 0 fully saturated rings. The van der Waals surface area contributed by atoms with Crippen molar-refractivity contribution in [3.8, 4) is 0 Å². The van der Waals surface area contributed by atoms with Crippen LogP contribution in [0.2, 0.25) is 0 Å². The van der Waals surface area contributed by atoms with Crippen LogP contribution in [0.5, 0.6) is 0 Å². The fourth-order valence-corrected chi connectivity index (χ4v) is 1.01. The summed E-state index contributed by atoms with van der Waals surface area (Å²) in [6.45, 7) is 7.61. The van der Waals surface area contributed by atoms with Crippen LogP contribution >= 0.6 is 11.8 Å². The molecule has 0 bridgehead atoms. The van der Waals surface area contributed by atoms with Crippen molar-refractivity contribution < 1.29 is 37.5 Å². The van der Waals surface area contributed by atoms with E-state index in [1.165, 1.54) is 0 Å². The predicted molar refractivity (Wildman–Crippen MR) is 45.7 cm³/mol. The molecule has 1 radical (unpaired) electrons. The Morgan fingerprint density at radius 2 is 2.18 bits per heavy atom. The van der Waals surface area contributed by atoms with Gasteiger partial charge in [0.1, 0.15) is 0 Å². The first-order chi connectivity index (χ1) is 4.66. The average Bonchev–Trinajstić information content (AvgIpc) is 1.85. The number of rotatable bonds is 4. The fourth-order valence-electron chi connectivity index (χ4n) is 0.445. The maximum atomic E-state index is 10.8. The zero-order valence-corrected chi connectivity index (χ0v) is 10.9. The van der Waals surface area contributed by atoms with Gasteiger partial charge in [-0.05, 0) is 5.25 Å². The second-order valence-corrected chi connectivity index (χ2v) is 3.78. The molecule has 0 unspecified atom stereocenters. The second kappa shape index (κ2) is 9.02. The Morgan fingerprint density at radius 3 is 2.55 bits per heavy atom. The summed E-state index contributed by atoms with van der Waals surface area (Å²) in [6.07, 6.45) is 0. The first-order valence-electron chi connectivity index (χ1n) is 3.35. The SMILES string of the molecule is C[CH-]NC(=O)CSC(C)C.[Y]. The van der Waals surface area contributed by atoms with Crippen molar-refractivity contribution in [2.45, 2.75) is 26.0 Å². The van der Waals surface area contributed by atoms with Crippen molar-refractivity contribution in [1.82, 2.24) is 5.32 Å². The first-order valence-corrected chi connectivity index (χ1v) is 4.40. The van der Waals surface area contributed by atoms with Gasteiger partial charge < -0.3 is 5.32 Å². The maximum Gasteiger partial charge on any atom is 0.201 e. The van der Waals surface area contributed by atoms with Gasteiger partial charge in [0.15, 0.2) is 0 Å². The minimum Gasteiger partial charge on any atom is -0.505 e.